The van der Waals surface area contributed by atoms with Gasteiger partial charge in [-0.1, -0.05) is 24.3 Å². The molecule has 1 N–H and O–H groups in total. The van der Waals surface area contributed by atoms with E-state index in [1.165, 1.54) is 4.57 Å². The number of para-hydroxylation sites is 1. The monoisotopic (exact) mass is 310 g/mol. The minimum Gasteiger partial charge on any atom is -0.491 e. The summed E-state index contributed by atoms with van der Waals surface area (Å²) in [5.41, 5.74) is 0.728. The first-order valence-corrected chi connectivity index (χ1v) is 7.52. The lowest BCUT2D eigenvalue weighted by atomic mass is 10.2. The molecule has 5 heteroatoms. The summed E-state index contributed by atoms with van der Waals surface area (Å²) in [6.07, 6.45) is 0.104. The molecular weight excluding hydrogens is 292 g/mol. The average Bonchev–Trinajstić information content (AvgIpc) is 2.52. The molecule has 0 aliphatic heterocycles. The number of H-pyrrole nitrogens is 1. The van der Waals surface area contributed by atoms with Crippen molar-refractivity contribution in [3.63, 3.8) is 0 Å². The molecular formula is C18H18N2O3. The summed E-state index contributed by atoms with van der Waals surface area (Å²) in [7, 11) is 0. The summed E-state index contributed by atoms with van der Waals surface area (Å²) >= 11 is 0. The van der Waals surface area contributed by atoms with E-state index in [1.54, 1.807) is 24.3 Å². The van der Waals surface area contributed by atoms with Crippen LogP contribution in [-0.2, 0) is 6.54 Å². The van der Waals surface area contributed by atoms with E-state index < -0.39 is 5.69 Å². The van der Waals surface area contributed by atoms with Gasteiger partial charge in [0.05, 0.1) is 23.6 Å². The molecule has 0 saturated carbocycles. The molecule has 0 aliphatic rings. The summed E-state index contributed by atoms with van der Waals surface area (Å²) < 4.78 is 6.80. The molecule has 1 heterocycles. The molecule has 0 amide bonds. The van der Waals surface area contributed by atoms with Crippen molar-refractivity contribution in [1.82, 2.24) is 9.55 Å². The van der Waals surface area contributed by atoms with Crippen LogP contribution in [0.4, 0.5) is 0 Å². The third-order valence-corrected chi connectivity index (χ3v) is 3.53. The van der Waals surface area contributed by atoms with E-state index in [2.05, 4.69) is 4.98 Å². The largest absolute Gasteiger partial charge is 0.491 e. The Morgan fingerprint density at radius 3 is 2.43 bits per heavy atom. The standard InChI is InChI=1S/C18H18N2O3/c1-12(2)23-14-9-7-13(8-10-14)11-20-17(21)15-5-3-4-6-16(15)19-18(20)22/h3-10,12H,11H2,1-2H3,(H,19,22). The van der Waals surface area contributed by atoms with E-state index in [1.807, 2.05) is 38.1 Å². The van der Waals surface area contributed by atoms with Gasteiger partial charge in [0, 0.05) is 0 Å². The molecule has 0 fully saturated rings. The maximum absolute atomic E-state index is 12.5. The van der Waals surface area contributed by atoms with Gasteiger partial charge in [0.2, 0.25) is 0 Å². The fraction of sp³-hybridized carbons (Fsp3) is 0.222. The normalized spacial score (nSPS) is 11.1. The second kappa shape index (κ2) is 6.12. The molecule has 3 rings (SSSR count). The van der Waals surface area contributed by atoms with Gasteiger partial charge >= 0.3 is 5.69 Å². The first-order chi connectivity index (χ1) is 11.0. The molecule has 0 bridgehead atoms. The summed E-state index contributed by atoms with van der Waals surface area (Å²) in [6.45, 7) is 4.14. The Balaban J connectivity index is 1.95. The Morgan fingerprint density at radius 1 is 1.04 bits per heavy atom. The highest BCUT2D eigenvalue weighted by molar-refractivity contribution is 5.76. The first kappa shape index (κ1) is 15.1. The molecule has 23 heavy (non-hydrogen) atoms. The number of nitrogens with one attached hydrogen (secondary N) is 1. The van der Waals surface area contributed by atoms with Gasteiger partial charge in [-0.2, -0.15) is 0 Å². The van der Waals surface area contributed by atoms with Crippen molar-refractivity contribution in [3.05, 3.63) is 74.9 Å². The Kier molecular flexibility index (Phi) is 4.02. The number of aromatic amines is 1. The van der Waals surface area contributed by atoms with E-state index >= 15 is 0 Å². The molecule has 0 atom stereocenters. The molecule has 118 valence electrons. The minimum atomic E-state index is -0.406. The van der Waals surface area contributed by atoms with Crippen molar-refractivity contribution in [2.24, 2.45) is 0 Å². The van der Waals surface area contributed by atoms with Gasteiger partial charge in [-0.25, -0.2) is 4.79 Å². The first-order valence-electron chi connectivity index (χ1n) is 7.52. The zero-order valence-corrected chi connectivity index (χ0v) is 13.1. The average molecular weight is 310 g/mol. The van der Waals surface area contributed by atoms with E-state index in [0.29, 0.717) is 10.9 Å². The fourth-order valence-electron chi connectivity index (χ4n) is 2.47. The van der Waals surface area contributed by atoms with Crippen molar-refractivity contribution < 1.29 is 4.74 Å². The number of benzene rings is 2. The van der Waals surface area contributed by atoms with Crippen molar-refractivity contribution in [2.45, 2.75) is 26.5 Å². The lowest BCUT2D eigenvalue weighted by Gasteiger charge is -2.10. The van der Waals surface area contributed by atoms with Crippen LogP contribution in [0.25, 0.3) is 10.9 Å². The van der Waals surface area contributed by atoms with Crippen LogP contribution >= 0.6 is 0 Å². The summed E-state index contributed by atoms with van der Waals surface area (Å²) in [5, 5.41) is 0.506. The SMILES string of the molecule is CC(C)Oc1ccc(Cn2c(=O)[nH]c3ccccc3c2=O)cc1. The molecule has 1 aromatic heterocycles. The van der Waals surface area contributed by atoms with Crippen molar-refractivity contribution in [2.75, 3.05) is 0 Å². The van der Waals surface area contributed by atoms with E-state index in [0.717, 1.165) is 11.3 Å². The van der Waals surface area contributed by atoms with Crippen molar-refractivity contribution >= 4 is 10.9 Å². The highest BCUT2D eigenvalue weighted by Crippen LogP contribution is 2.14. The molecule has 0 saturated heterocycles. The second-order valence-corrected chi connectivity index (χ2v) is 5.68. The quantitative estimate of drug-likeness (QED) is 0.805. The third-order valence-electron chi connectivity index (χ3n) is 3.53. The van der Waals surface area contributed by atoms with Gasteiger partial charge in [-0.3, -0.25) is 9.36 Å². The molecule has 0 spiro atoms. The van der Waals surface area contributed by atoms with Crippen molar-refractivity contribution in [3.8, 4) is 5.75 Å². The number of hydrogen-bond donors (Lipinski definition) is 1. The molecule has 3 aromatic rings. The van der Waals surface area contributed by atoms with Crippen LogP contribution < -0.4 is 16.0 Å². The van der Waals surface area contributed by atoms with Gasteiger partial charge in [-0.05, 0) is 43.7 Å². The minimum absolute atomic E-state index is 0.104. The van der Waals surface area contributed by atoms with Crippen molar-refractivity contribution in [1.29, 1.82) is 0 Å². The summed E-state index contributed by atoms with van der Waals surface area (Å²) in [4.78, 5) is 27.4. The van der Waals surface area contributed by atoms with E-state index in [-0.39, 0.29) is 18.2 Å². The lowest BCUT2D eigenvalue weighted by Crippen LogP contribution is -2.35. The second-order valence-electron chi connectivity index (χ2n) is 5.68. The smallest absolute Gasteiger partial charge is 0.329 e. The maximum Gasteiger partial charge on any atom is 0.329 e. The Morgan fingerprint density at radius 2 is 1.74 bits per heavy atom. The van der Waals surface area contributed by atoms with E-state index in [9.17, 15) is 9.59 Å². The third kappa shape index (κ3) is 3.18. The lowest BCUT2D eigenvalue weighted by molar-refractivity contribution is 0.242. The number of rotatable bonds is 4. The number of aromatic nitrogens is 2. The highest BCUT2D eigenvalue weighted by atomic mass is 16.5. The fourth-order valence-corrected chi connectivity index (χ4v) is 2.47. The van der Waals surface area contributed by atoms with E-state index in [4.69, 9.17) is 4.74 Å². The highest BCUT2D eigenvalue weighted by Gasteiger charge is 2.08. The summed E-state index contributed by atoms with van der Waals surface area (Å²) in [5.74, 6) is 0.767. The Labute approximate surface area is 133 Å². The van der Waals surface area contributed by atoms with Crippen LogP contribution in [-0.4, -0.2) is 15.7 Å². The van der Waals surface area contributed by atoms with Gasteiger partial charge < -0.3 is 9.72 Å². The molecule has 0 aliphatic carbocycles. The molecule has 0 unspecified atom stereocenters. The Bertz CT molecular complexity index is 937. The Hall–Kier alpha value is -2.82. The van der Waals surface area contributed by atoms with Crippen LogP contribution in [0.15, 0.2) is 58.1 Å². The zero-order valence-electron chi connectivity index (χ0n) is 13.1. The van der Waals surface area contributed by atoms with Gasteiger partial charge in [0.15, 0.2) is 0 Å². The number of nitrogens with zero attached hydrogens (tertiary/aromatic N) is 1. The van der Waals surface area contributed by atoms with Crippen LogP contribution in [0.2, 0.25) is 0 Å². The number of fused-ring (bicyclic) bond motifs is 1. The predicted octanol–water partition coefficient (Wildman–Crippen LogP) is 2.53. The topological polar surface area (TPSA) is 64.1 Å². The molecule has 2 aromatic carbocycles. The molecule has 5 nitrogen and oxygen atoms in total. The summed E-state index contributed by atoms with van der Waals surface area (Å²) in [6, 6.07) is 14.4. The zero-order chi connectivity index (χ0) is 16.4. The van der Waals surface area contributed by atoms with Crippen LogP contribution in [0.3, 0.4) is 0 Å². The van der Waals surface area contributed by atoms with Crippen LogP contribution in [0.1, 0.15) is 19.4 Å². The number of hydrogen-bond acceptors (Lipinski definition) is 3. The van der Waals surface area contributed by atoms with Gasteiger partial charge in [0.25, 0.3) is 5.56 Å². The maximum atomic E-state index is 12.5. The van der Waals surface area contributed by atoms with Gasteiger partial charge in [-0.15, -0.1) is 0 Å². The van der Waals surface area contributed by atoms with Gasteiger partial charge in [0.1, 0.15) is 5.75 Å². The van der Waals surface area contributed by atoms with Crippen LogP contribution in [0.5, 0.6) is 5.75 Å². The predicted molar refractivity (Wildman–Crippen MR) is 90.1 cm³/mol. The molecule has 0 radical (unpaired) electrons. The van der Waals surface area contributed by atoms with Crippen LogP contribution in [0, 0.1) is 0 Å². The number of ether oxygens (including phenoxy) is 1.